The Bertz CT molecular complexity index is 1030. The number of rotatable bonds is 3. The molecule has 1 fully saturated rings. The Balaban J connectivity index is 1.58. The number of alkyl halides is 3. The van der Waals surface area contributed by atoms with Crippen LogP contribution in [0.2, 0.25) is 5.02 Å². The van der Waals surface area contributed by atoms with Crippen molar-refractivity contribution in [2.24, 2.45) is 21.5 Å². The molecule has 31 heavy (non-hydrogen) atoms. The Hall–Kier alpha value is -3.01. The number of anilines is 1. The third-order valence-electron chi connectivity index (χ3n) is 5.30. The van der Waals surface area contributed by atoms with Gasteiger partial charge in [0.15, 0.2) is 0 Å². The molecule has 2 heterocycles. The van der Waals surface area contributed by atoms with E-state index in [1.807, 2.05) is 4.90 Å². The Morgan fingerprint density at radius 1 is 1.06 bits per heavy atom. The average molecular weight is 453 g/mol. The molecule has 1 aromatic heterocycles. The second-order valence-electron chi connectivity index (χ2n) is 7.42. The lowest BCUT2D eigenvalue weighted by molar-refractivity contribution is -0.137. The maximum atomic E-state index is 12.8. The molecule has 1 saturated carbocycles. The molecule has 2 aliphatic rings. The van der Waals surface area contributed by atoms with Gasteiger partial charge in [0.2, 0.25) is 17.8 Å². The first-order valence-corrected chi connectivity index (χ1v) is 10.1. The first-order chi connectivity index (χ1) is 14.7. The topological polar surface area (TPSA) is 102 Å². The van der Waals surface area contributed by atoms with Crippen LogP contribution in [-0.4, -0.2) is 22.6 Å². The maximum absolute atomic E-state index is 12.8. The van der Waals surface area contributed by atoms with Crippen LogP contribution in [0.1, 0.15) is 37.7 Å². The third-order valence-corrected chi connectivity index (χ3v) is 5.57. The number of hydrogen-bond acceptors (Lipinski definition) is 7. The van der Waals surface area contributed by atoms with Crippen LogP contribution in [0, 0.1) is 0 Å². The van der Waals surface area contributed by atoms with Crippen LogP contribution in [0.25, 0.3) is 0 Å². The quantitative estimate of drug-likeness (QED) is 0.705. The van der Waals surface area contributed by atoms with Crippen LogP contribution in [0.5, 0.6) is 11.6 Å². The molecule has 4 rings (SSSR count). The van der Waals surface area contributed by atoms with E-state index in [-0.39, 0.29) is 22.8 Å². The second kappa shape index (κ2) is 7.92. The van der Waals surface area contributed by atoms with Crippen molar-refractivity contribution in [1.82, 2.24) is 4.98 Å². The highest BCUT2D eigenvalue weighted by Crippen LogP contribution is 2.40. The van der Waals surface area contributed by atoms with E-state index in [9.17, 15) is 13.2 Å². The molecule has 0 unspecified atom stereocenters. The summed E-state index contributed by atoms with van der Waals surface area (Å²) >= 11 is 5.91. The van der Waals surface area contributed by atoms with Gasteiger partial charge in [0.05, 0.1) is 5.56 Å². The maximum Gasteiger partial charge on any atom is 0.417 e. The van der Waals surface area contributed by atoms with Crippen molar-refractivity contribution in [2.45, 2.75) is 43.9 Å². The number of aromatic nitrogens is 1. The van der Waals surface area contributed by atoms with Crippen LogP contribution in [0.3, 0.4) is 0 Å². The molecule has 0 radical (unpaired) electrons. The Kier molecular flexibility index (Phi) is 5.42. The fraction of sp³-hybridized carbons (Fsp3) is 0.350. The van der Waals surface area contributed by atoms with Gasteiger partial charge in [-0.15, -0.1) is 0 Å². The summed E-state index contributed by atoms with van der Waals surface area (Å²) in [5, 5.41) is -0.239. The minimum absolute atomic E-state index is 0.123. The lowest BCUT2D eigenvalue weighted by Gasteiger charge is -2.45. The monoisotopic (exact) mass is 452 g/mol. The lowest BCUT2D eigenvalue weighted by Crippen LogP contribution is -2.58. The van der Waals surface area contributed by atoms with Crippen molar-refractivity contribution in [3.05, 3.63) is 47.1 Å². The Morgan fingerprint density at radius 3 is 2.35 bits per heavy atom. The van der Waals surface area contributed by atoms with E-state index in [0.717, 1.165) is 43.9 Å². The lowest BCUT2D eigenvalue weighted by atomic mass is 9.87. The summed E-state index contributed by atoms with van der Waals surface area (Å²) in [7, 11) is 0. The Labute approximate surface area is 181 Å². The van der Waals surface area contributed by atoms with Crippen LogP contribution in [-0.2, 0) is 6.18 Å². The number of halogens is 4. The number of benzene rings is 1. The number of nitrogens with two attached hydrogens (primary N) is 2. The smallest absolute Gasteiger partial charge is 0.417 e. The van der Waals surface area contributed by atoms with Gasteiger partial charge in [-0.2, -0.15) is 18.2 Å². The summed E-state index contributed by atoms with van der Waals surface area (Å²) in [6.45, 7) is 0. The molecule has 1 aliphatic carbocycles. The standard InChI is InChI=1S/C20H20ClF3N6O/c21-15-10-12(20(22,23)24)11-27-16(15)31-14-6-4-13(5-7-14)30-18(26)28-17(25)29-19(30)8-2-1-3-9-19/h4-7,10-11H,1-3,8-9H2,(H4,25,26,28,29). The summed E-state index contributed by atoms with van der Waals surface area (Å²) in [5.41, 5.74) is 11.3. The molecule has 11 heteroatoms. The zero-order valence-corrected chi connectivity index (χ0v) is 17.1. The van der Waals surface area contributed by atoms with Gasteiger partial charge >= 0.3 is 6.18 Å². The molecular weight excluding hydrogens is 433 g/mol. The minimum Gasteiger partial charge on any atom is -0.438 e. The molecule has 1 aromatic carbocycles. The predicted octanol–water partition coefficient (Wildman–Crippen LogP) is 4.66. The van der Waals surface area contributed by atoms with Crippen molar-refractivity contribution in [1.29, 1.82) is 0 Å². The van der Waals surface area contributed by atoms with Crippen molar-refractivity contribution >= 4 is 29.2 Å². The molecule has 0 saturated heterocycles. The largest absolute Gasteiger partial charge is 0.438 e. The first-order valence-electron chi connectivity index (χ1n) is 9.68. The molecule has 1 spiro atoms. The van der Waals surface area contributed by atoms with Gasteiger partial charge in [0.1, 0.15) is 16.4 Å². The van der Waals surface area contributed by atoms with E-state index in [1.165, 1.54) is 0 Å². The fourth-order valence-corrected chi connectivity index (χ4v) is 4.13. The number of nitrogens with zero attached hydrogens (tertiary/aromatic N) is 4. The molecular formula is C20H20ClF3N6O. The van der Waals surface area contributed by atoms with Crippen molar-refractivity contribution < 1.29 is 17.9 Å². The van der Waals surface area contributed by atoms with Crippen LogP contribution < -0.4 is 21.1 Å². The van der Waals surface area contributed by atoms with E-state index < -0.39 is 17.4 Å². The third kappa shape index (κ3) is 4.25. The molecule has 0 bridgehead atoms. The summed E-state index contributed by atoms with van der Waals surface area (Å²) in [5.74, 6) is 0.655. The number of pyridine rings is 1. The van der Waals surface area contributed by atoms with Crippen LogP contribution in [0.15, 0.2) is 46.5 Å². The van der Waals surface area contributed by atoms with E-state index in [2.05, 4.69) is 15.0 Å². The SMILES string of the molecule is NC1=NC2(CCCCC2)N(c2ccc(Oc3ncc(C(F)(F)F)cc3Cl)cc2)C(N)=N1. The molecule has 0 atom stereocenters. The first kappa shape index (κ1) is 21.2. The van der Waals surface area contributed by atoms with Crippen molar-refractivity contribution in [2.75, 3.05) is 4.90 Å². The van der Waals surface area contributed by atoms with Gasteiger partial charge in [0.25, 0.3) is 0 Å². The zero-order chi connectivity index (χ0) is 22.2. The van der Waals surface area contributed by atoms with Crippen molar-refractivity contribution in [3.63, 3.8) is 0 Å². The van der Waals surface area contributed by atoms with E-state index in [0.29, 0.717) is 11.9 Å². The highest BCUT2D eigenvalue weighted by Gasteiger charge is 2.42. The number of aliphatic imine (C=N–C) groups is 2. The normalized spacial score (nSPS) is 18.5. The summed E-state index contributed by atoms with van der Waals surface area (Å²) < 4.78 is 43.9. The van der Waals surface area contributed by atoms with Gasteiger partial charge in [-0.3, -0.25) is 4.90 Å². The van der Waals surface area contributed by atoms with Gasteiger partial charge in [0, 0.05) is 11.9 Å². The highest BCUT2D eigenvalue weighted by atomic mass is 35.5. The molecule has 1 aliphatic heterocycles. The van der Waals surface area contributed by atoms with Gasteiger partial charge < -0.3 is 16.2 Å². The van der Waals surface area contributed by atoms with E-state index >= 15 is 0 Å². The predicted molar refractivity (Wildman–Crippen MR) is 112 cm³/mol. The van der Waals surface area contributed by atoms with Gasteiger partial charge in [-0.1, -0.05) is 18.0 Å². The molecule has 2 aromatic rings. The number of ether oxygens (including phenoxy) is 1. The molecule has 0 amide bonds. The number of hydrogen-bond donors (Lipinski definition) is 2. The summed E-state index contributed by atoms with van der Waals surface area (Å²) in [6.07, 6.45) is 0.860. The highest BCUT2D eigenvalue weighted by molar-refractivity contribution is 6.31. The average Bonchev–Trinajstić information content (AvgIpc) is 2.70. The molecule has 7 nitrogen and oxygen atoms in total. The number of guanidine groups is 2. The van der Waals surface area contributed by atoms with Crippen LogP contribution in [0.4, 0.5) is 18.9 Å². The minimum atomic E-state index is -4.53. The van der Waals surface area contributed by atoms with Gasteiger partial charge in [-0.05, 0) is 56.0 Å². The van der Waals surface area contributed by atoms with E-state index in [4.69, 9.17) is 27.8 Å². The second-order valence-corrected chi connectivity index (χ2v) is 7.83. The summed E-state index contributed by atoms with van der Waals surface area (Å²) in [4.78, 5) is 14.3. The van der Waals surface area contributed by atoms with Crippen molar-refractivity contribution in [3.8, 4) is 11.6 Å². The van der Waals surface area contributed by atoms with Gasteiger partial charge in [-0.25, -0.2) is 9.98 Å². The fourth-order valence-electron chi connectivity index (χ4n) is 3.93. The van der Waals surface area contributed by atoms with Crippen LogP contribution >= 0.6 is 11.6 Å². The van der Waals surface area contributed by atoms with E-state index in [1.54, 1.807) is 24.3 Å². The molecule has 164 valence electrons. The zero-order valence-electron chi connectivity index (χ0n) is 16.4. The Morgan fingerprint density at radius 2 is 1.74 bits per heavy atom. The summed E-state index contributed by atoms with van der Waals surface area (Å²) in [6, 6.07) is 7.61. The molecule has 4 N–H and O–H groups in total.